The van der Waals surface area contributed by atoms with Gasteiger partial charge in [0.15, 0.2) is 0 Å². The molecule has 0 aliphatic carbocycles. The number of nitrogens with zero attached hydrogens (tertiary/aromatic N) is 1. The smallest absolute Gasteiger partial charge is 0.251 e. The van der Waals surface area contributed by atoms with Crippen LogP contribution in [0.25, 0.3) is 6.08 Å². The van der Waals surface area contributed by atoms with Crippen molar-refractivity contribution in [1.82, 2.24) is 0 Å². The van der Waals surface area contributed by atoms with Gasteiger partial charge >= 0.3 is 0 Å². The third-order valence-corrected chi connectivity index (χ3v) is 4.58. The number of carbonyl (C=O) groups excluding carboxylic acids is 1. The fraction of sp³-hybridized carbons (Fsp3) is 0.235. The van der Waals surface area contributed by atoms with Crippen molar-refractivity contribution in [3.63, 3.8) is 0 Å². The van der Waals surface area contributed by atoms with Gasteiger partial charge in [-0.1, -0.05) is 6.07 Å². The van der Waals surface area contributed by atoms with Crippen LogP contribution in [0.3, 0.4) is 0 Å². The molecule has 3 rings (SSSR count). The highest BCUT2D eigenvalue weighted by molar-refractivity contribution is 7.10. The highest BCUT2D eigenvalue weighted by Gasteiger charge is 2.27. The first-order valence-electron chi connectivity index (χ1n) is 6.98. The molecule has 1 atom stereocenters. The minimum atomic E-state index is -0.246. The molecule has 2 heterocycles. The van der Waals surface area contributed by atoms with Gasteiger partial charge < -0.3 is 4.90 Å². The van der Waals surface area contributed by atoms with Crippen LogP contribution in [0, 0.1) is 5.82 Å². The predicted molar refractivity (Wildman–Crippen MR) is 85.0 cm³/mol. The number of amides is 1. The maximum absolute atomic E-state index is 13.3. The van der Waals surface area contributed by atoms with E-state index in [0.717, 1.165) is 29.0 Å². The number of aryl methyl sites for hydroxylation is 1. The minimum Gasteiger partial charge on any atom is -0.306 e. The fourth-order valence-corrected chi connectivity index (χ4v) is 3.29. The number of rotatable bonds is 2. The molecule has 0 spiro atoms. The van der Waals surface area contributed by atoms with Crippen molar-refractivity contribution in [2.24, 2.45) is 0 Å². The third kappa shape index (κ3) is 2.90. The summed E-state index contributed by atoms with van der Waals surface area (Å²) in [5.41, 5.74) is 1.74. The van der Waals surface area contributed by atoms with E-state index in [1.807, 2.05) is 30.5 Å². The molecule has 0 N–H and O–H groups in total. The molecule has 2 aromatic rings. The number of anilines is 1. The van der Waals surface area contributed by atoms with Crippen molar-refractivity contribution in [3.05, 3.63) is 58.0 Å². The van der Waals surface area contributed by atoms with Crippen LogP contribution in [0.4, 0.5) is 10.1 Å². The Bertz CT molecular complexity index is 678. The van der Waals surface area contributed by atoms with E-state index < -0.39 is 0 Å². The van der Waals surface area contributed by atoms with Gasteiger partial charge in [0, 0.05) is 22.7 Å². The highest BCUT2D eigenvalue weighted by Crippen LogP contribution is 2.31. The lowest BCUT2D eigenvalue weighted by atomic mass is 9.96. The number of benzene rings is 1. The SMILES string of the molecule is CC1CCc2cc(F)ccc2N1C(=O)/C=C/c1cccs1. The van der Waals surface area contributed by atoms with E-state index >= 15 is 0 Å². The second kappa shape index (κ2) is 5.82. The summed E-state index contributed by atoms with van der Waals surface area (Å²) in [4.78, 5) is 15.3. The maximum atomic E-state index is 13.3. The van der Waals surface area contributed by atoms with Crippen LogP contribution in [0.5, 0.6) is 0 Å². The Balaban J connectivity index is 1.89. The van der Waals surface area contributed by atoms with Crippen LogP contribution in [0.2, 0.25) is 0 Å². The zero-order chi connectivity index (χ0) is 14.8. The molecule has 108 valence electrons. The Kier molecular flexibility index (Phi) is 3.88. The summed E-state index contributed by atoms with van der Waals surface area (Å²) in [5, 5.41) is 1.98. The van der Waals surface area contributed by atoms with Crippen LogP contribution >= 0.6 is 11.3 Å². The topological polar surface area (TPSA) is 20.3 Å². The number of halogens is 1. The quantitative estimate of drug-likeness (QED) is 0.759. The first-order chi connectivity index (χ1) is 10.1. The summed E-state index contributed by atoms with van der Waals surface area (Å²) in [7, 11) is 0. The van der Waals surface area contributed by atoms with E-state index in [1.165, 1.54) is 12.1 Å². The van der Waals surface area contributed by atoms with Crippen molar-refractivity contribution in [2.45, 2.75) is 25.8 Å². The molecule has 0 saturated heterocycles. The van der Waals surface area contributed by atoms with E-state index in [4.69, 9.17) is 0 Å². The van der Waals surface area contributed by atoms with Crippen molar-refractivity contribution in [2.75, 3.05) is 4.90 Å². The second-order valence-electron chi connectivity index (χ2n) is 5.22. The fourth-order valence-electron chi connectivity index (χ4n) is 2.68. The zero-order valence-corrected chi connectivity index (χ0v) is 12.6. The first kappa shape index (κ1) is 14.0. The molecule has 1 aromatic carbocycles. The van der Waals surface area contributed by atoms with Crippen molar-refractivity contribution in [3.8, 4) is 0 Å². The van der Waals surface area contributed by atoms with Gasteiger partial charge in [-0.15, -0.1) is 11.3 Å². The van der Waals surface area contributed by atoms with Crippen LogP contribution in [0.1, 0.15) is 23.8 Å². The molecule has 2 nitrogen and oxygen atoms in total. The van der Waals surface area contributed by atoms with E-state index in [0.29, 0.717) is 0 Å². The van der Waals surface area contributed by atoms with Gasteiger partial charge in [0.25, 0.3) is 5.91 Å². The van der Waals surface area contributed by atoms with Crippen LogP contribution in [0.15, 0.2) is 41.8 Å². The van der Waals surface area contributed by atoms with Crippen LogP contribution in [-0.4, -0.2) is 11.9 Å². The molecule has 1 amide bonds. The number of thiophene rings is 1. The lowest BCUT2D eigenvalue weighted by Crippen LogP contribution is -2.41. The third-order valence-electron chi connectivity index (χ3n) is 3.74. The summed E-state index contributed by atoms with van der Waals surface area (Å²) < 4.78 is 13.3. The largest absolute Gasteiger partial charge is 0.306 e. The van der Waals surface area contributed by atoms with E-state index in [1.54, 1.807) is 28.4 Å². The highest BCUT2D eigenvalue weighted by atomic mass is 32.1. The summed E-state index contributed by atoms with van der Waals surface area (Å²) in [5.74, 6) is -0.298. The molecule has 21 heavy (non-hydrogen) atoms. The van der Waals surface area contributed by atoms with Gasteiger partial charge in [-0.05, 0) is 61.1 Å². The Morgan fingerprint density at radius 3 is 3.05 bits per heavy atom. The Morgan fingerprint density at radius 2 is 2.29 bits per heavy atom. The molecule has 1 aliphatic rings. The molecule has 0 bridgehead atoms. The predicted octanol–water partition coefficient (Wildman–Crippen LogP) is 4.27. The van der Waals surface area contributed by atoms with E-state index in [9.17, 15) is 9.18 Å². The Labute approximate surface area is 127 Å². The molecule has 0 radical (unpaired) electrons. The first-order valence-corrected chi connectivity index (χ1v) is 7.86. The van der Waals surface area contributed by atoms with Gasteiger partial charge in [-0.3, -0.25) is 4.79 Å². The Morgan fingerprint density at radius 1 is 1.43 bits per heavy atom. The van der Waals surface area contributed by atoms with E-state index in [-0.39, 0.29) is 17.8 Å². The molecular formula is C17H16FNOS. The van der Waals surface area contributed by atoms with Gasteiger partial charge in [0.05, 0.1) is 0 Å². The molecule has 0 saturated carbocycles. The monoisotopic (exact) mass is 301 g/mol. The van der Waals surface area contributed by atoms with Crippen LogP contribution < -0.4 is 4.90 Å². The molecular weight excluding hydrogens is 285 g/mol. The molecule has 1 aromatic heterocycles. The standard InChI is InChI=1S/C17H16FNOS/c1-12-4-5-13-11-14(18)6-8-16(13)19(12)17(20)9-7-15-3-2-10-21-15/h2-3,6-12H,4-5H2,1H3/b9-7+. The average Bonchev–Trinajstić information content (AvgIpc) is 2.98. The Hall–Kier alpha value is -1.94. The maximum Gasteiger partial charge on any atom is 0.251 e. The number of hydrogen-bond acceptors (Lipinski definition) is 2. The summed E-state index contributed by atoms with van der Waals surface area (Å²) in [6.07, 6.45) is 5.10. The summed E-state index contributed by atoms with van der Waals surface area (Å²) in [6.45, 7) is 2.03. The lowest BCUT2D eigenvalue weighted by molar-refractivity contribution is -0.114. The second-order valence-corrected chi connectivity index (χ2v) is 6.20. The summed E-state index contributed by atoms with van der Waals surface area (Å²) >= 11 is 1.59. The van der Waals surface area contributed by atoms with Crippen LogP contribution in [-0.2, 0) is 11.2 Å². The number of hydrogen-bond donors (Lipinski definition) is 0. The van der Waals surface area contributed by atoms with Crippen molar-refractivity contribution < 1.29 is 9.18 Å². The number of fused-ring (bicyclic) bond motifs is 1. The van der Waals surface area contributed by atoms with Gasteiger partial charge in [-0.2, -0.15) is 0 Å². The normalized spacial score (nSPS) is 18.0. The zero-order valence-electron chi connectivity index (χ0n) is 11.8. The molecule has 1 unspecified atom stereocenters. The summed E-state index contributed by atoms with van der Waals surface area (Å²) in [6, 6.07) is 8.71. The van der Waals surface area contributed by atoms with E-state index in [2.05, 4.69) is 0 Å². The number of carbonyl (C=O) groups is 1. The van der Waals surface area contributed by atoms with Crippen molar-refractivity contribution in [1.29, 1.82) is 0 Å². The molecule has 1 aliphatic heterocycles. The lowest BCUT2D eigenvalue weighted by Gasteiger charge is -2.34. The minimum absolute atomic E-state index is 0.0524. The average molecular weight is 301 g/mol. The van der Waals surface area contributed by atoms with Crippen molar-refractivity contribution >= 4 is 29.0 Å². The molecule has 0 fully saturated rings. The van der Waals surface area contributed by atoms with Gasteiger partial charge in [0.2, 0.25) is 0 Å². The van der Waals surface area contributed by atoms with Gasteiger partial charge in [-0.25, -0.2) is 4.39 Å². The van der Waals surface area contributed by atoms with Gasteiger partial charge in [0.1, 0.15) is 5.82 Å². The molecule has 4 heteroatoms.